The molecule has 6 nitrogen and oxygen atoms in total. The zero-order chi connectivity index (χ0) is 12.6. The van der Waals surface area contributed by atoms with E-state index in [9.17, 15) is 13.5 Å². The van der Waals surface area contributed by atoms with Crippen LogP contribution in [0.25, 0.3) is 10.4 Å². The molecule has 2 rings (SSSR count). The lowest BCUT2D eigenvalue weighted by molar-refractivity contribution is -0.0188. The highest BCUT2D eigenvalue weighted by Crippen LogP contribution is 2.33. The van der Waals surface area contributed by atoms with E-state index in [1.54, 1.807) is 12.1 Å². The van der Waals surface area contributed by atoms with E-state index in [1.807, 2.05) is 0 Å². The van der Waals surface area contributed by atoms with Crippen molar-refractivity contribution in [2.24, 2.45) is 0 Å². The van der Waals surface area contributed by atoms with Crippen LogP contribution in [0.1, 0.15) is 17.2 Å². The maximum absolute atomic E-state index is 11.2. The monoisotopic (exact) mass is 252 g/mol. The maximum atomic E-state index is 11.2. The molecule has 88 valence electrons. The van der Waals surface area contributed by atoms with Crippen LogP contribution in [0.2, 0.25) is 0 Å². The first-order valence-electron chi connectivity index (χ1n) is 4.63. The zero-order valence-electron chi connectivity index (χ0n) is 8.48. The second-order valence-corrected chi connectivity index (χ2v) is 4.89. The van der Waals surface area contributed by atoms with E-state index in [4.69, 9.17) is 10.1 Å². The van der Waals surface area contributed by atoms with E-state index in [1.165, 1.54) is 12.1 Å². The first-order valence-corrected chi connectivity index (χ1v) is 6.07. The topological polar surface area (TPSA) is 111 Å². The molecule has 0 radical (unpaired) electrons. The quantitative estimate of drug-likeness (QED) is 0.433. The van der Waals surface area contributed by atoms with E-state index in [0.717, 1.165) is 6.08 Å². The summed E-state index contributed by atoms with van der Waals surface area (Å²) >= 11 is 0. The summed E-state index contributed by atoms with van der Waals surface area (Å²) in [6.07, 6.45) is -0.288. The summed E-state index contributed by atoms with van der Waals surface area (Å²) in [6.45, 7) is 0. The summed E-state index contributed by atoms with van der Waals surface area (Å²) in [7, 11) is -4.45. The molecule has 0 amide bonds. The van der Waals surface area contributed by atoms with Gasteiger partial charge in [0, 0.05) is 17.2 Å². The van der Waals surface area contributed by atoms with Crippen molar-refractivity contribution in [1.82, 2.24) is 0 Å². The van der Waals surface area contributed by atoms with E-state index in [2.05, 4.69) is 4.79 Å². The third-order valence-electron chi connectivity index (χ3n) is 2.47. The van der Waals surface area contributed by atoms with Gasteiger partial charge in [0.15, 0.2) is 6.10 Å². The van der Waals surface area contributed by atoms with Crippen LogP contribution in [0.5, 0.6) is 0 Å². The van der Waals surface area contributed by atoms with Crippen molar-refractivity contribution in [1.29, 1.82) is 0 Å². The summed E-state index contributed by atoms with van der Waals surface area (Å²) in [5, 5.41) is 9.79. The first-order chi connectivity index (χ1) is 7.95. The summed E-state index contributed by atoms with van der Waals surface area (Å²) in [5.41, 5.74) is 8.89. The minimum atomic E-state index is -4.45. The van der Waals surface area contributed by atoms with Crippen LogP contribution in [-0.4, -0.2) is 28.6 Å². The summed E-state index contributed by atoms with van der Waals surface area (Å²) < 4.78 is 31.4. The van der Waals surface area contributed by atoms with E-state index >= 15 is 0 Å². The fourth-order valence-electron chi connectivity index (χ4n) is 1.71. The highest BCUT2D eigenvalue weighted by Gasteiger charge is 2.34. The van der Waals surface area contributed by atoms with Gasteiger partial charge in [-0.25, -0.2) is 0 Å². The number of rotatable bonds is 1. The fraction of sp³-hybridized carbons (Fsp3) is 0.100. The number of hydrogen-bond donors (Lipinski definition) is 2. The average Bonchev–Trinajstić information content (AvgIpc) is 2.28. The Morgan fingerprint density at radius 3 is 2.53 bits per heavy atom. The molecule has 0 aromatic heterocycles. The lowest BCUT2D eigenvalue weighted by Gasteiger charge is -2.17. The van der Waals surface area contributed by atoms with Gasteiger partial charge in [0.05, 0.1) is 0 Å². The van der Waals surface area contributed by atoms with Crippen LogP contribution in [0.4, 0.5) is 0 Å². The molecule has 1 aromatic carbocycles. The highest BCUT2D eigenvalue weighted by atomic mass is 32.2. The van der Waals surface area contributed by atoms with Crippen molar-refractivity contribution >= 4 is 20.7 Å². The molecule has 0 heterocycles. The third kappa shape index (κ3) is 1.92. The van der Waals surface area contributed by atoms with Gasteiger partial charge in [0.2, 0.25) is 0 Å². The van der Waals surface area contributed by atoms with Gasteiger partial charge in [-0.1, -0.05) is 24.3 Å². The van der Waals surface area contributed by atoms with E-state index in [0.29, 0.717) is 0 Å². The fourth-order valence-corrected chi connectivity index (χ4v) is 2.44. The lowest BCUT2D eigenvalue weighted by atomic mass is 9.93. The molecule has 2 N–H and O–H groups in total. The minimum Gasteiger partial charge on any atom is -0.376 e. The Hall–Kier alpha value is -1.79. The number of aliphatic hydroxyl groups excluding tert-OH is 1. The minimum absolute atomic E-state index is 0.190. The molecular weight excluding hydrogens is 244 g/mol. The zero-order valence-corrected chi connectivity index (χ0v) is 9.29. The second-order valence-electron chi connectivity index (χ2n) is 3.50. The van der Waals surface area contributed by atoms with E-state index in [-0.39, 0.29) is 16.8 Å². The predicted octanol–water partition coefficient (Wildman–Crippen LogP) is 0.633. The van der Waals surface area contributed by atoms with Gasteiger partial charge in [0.25, 0.3) is 10.1 Å². The van der Waals surface area contributed by atoms with Crippen molar-refractivity contribution in [2.45, 2.75) is 6.10 Å². The molecule has 0 bridgehead atoms. The van der Waals surface area contributed by atoms with Crippen LogP contribution < -0.4 is 0 Å². The first kappa shape index (κ1) is 11.7. The van der Waals surface area contributed by atoms with Crippen LogP contribution in [0, 0.1) is 0 Å². The molecule has 0 fully saturated rings. The average molecular weight is 252 g/mol. The molecule has 1 aromatic rings. The van der Waals surface area contributed by atoms with Crippen LogP contribution in [0.15, 0.2) is 30.3 Å². The molecule has 1 atom stereocenters. The molecule has 0 saturated carbocycles. The SMILES string of the molecule is [N-]=[N+]=C1C=C(S(=O)(=O)O)c2ccccc2[C@H]1O. The van der Waals surface area contributed by atoms with Gasteiger partial charge < -0.3 is 10.6 Å². The van der Waals surface area contributed by atoms with Crippen molar-refractivity contribution in [3.05, 3.63) is 47.0 Å². The van der Waals surface area contributed by atoms with Crippen molar-refractivity contribution < 1.29 is 22.9 Å². The number of benzene rings is 1. The number of hydrogen-bond acceptors (Lipinski definition) is 3. The van der Waals surface area contributed by atoms with Crippen molar-refractivity contribution in [3.63, 3.8) is 0 Å². The van der Waals surface area contributed by atoms with E-state index < -0.39 is 21.1 Å². The molecule has 0 saturated heterocycles. The summed E-state index contributed by atoms with van der Waals surface area (Å²) in [6, 6.07) is 6.12. The Balaban J connectivity index is 2.80. The molecule has 1 aliphatic carbocycles. The van der Waals surface area contributed by atoms with Gasteiger partial charge in [-0.2, -0.15) is 13.2 Å². The molecule has 0 spiro atoms. The van der Waals surface area contributed by atoms with Gasteiger partial charge >= 0.3 is 5.71 Å². The van der Waals surface area contributed by atoms with Gasteiger partial charge in [-0.3, -0.25) is 4.55 Å². The largest absolute Gasteiger partial charge is 0.376 e. The molecule has 1 aliphatic rings. The van der Waals surface area contributed by atoms with Crippen LogP contribution >= 0.6 is 0 Å². The Kier molecular flexibility index (Phi) is 2.68. The van der Waals surface area contributed by atoms with Gasteiger partial charge in [-0.05, 0) is 0 Å². The lowest BCUT2D eigenvalue weighted by Crippen LogP contribution is -2.20. The van der Waals surface area contributed by atoms with Crippen molar-refractivity contribution in [2.75, 3.05) is 0 Å². The normalized spacial score (nSPS) is 19.3. The molecular formula is C10H8N2O4S. The standard InChI is InChI=1S/C10H8N2O4S/c11-12-8-5-9(17(14,15)16)6-3-1-2-4-7(6)10(8)13/h1-5,10,13H,(H,14,15,16)/t10-/m1/s1. The predicted molar refractivity (Wildman–Crippen MR) is 59.6 cm³/mol. The van der Waals surface area contributed by atoms with Crippen molar-refractivity contribution in [3.8, 4) is 0 Å². The number of nitrogens with zero attached hydrogens (tertiary/aromatic N) is 2. The molecule has 0 unspecified atom stereocenters. The Labute approximate surface area is 97.2 Å². The summed E-state index contributed by atoms with van der Waals surface area (Å²) in [5.74, 6) is 0. The maximum Gasteiger partial charge on any atom is 0.326 e. The smallest absolute Gasteiger partial charge is 0.326 e. The second kappa shape index (κ2) is 3.90. The number of aliphatic hydroxyl groups is 1. The molecule has 17 heavy (non-hydrogen) atoms. The Morgan fingerprint density at radius 2 is 1.94 bits per heavy atom. The van der Waals surface area contributed by atoms with Gasteiger partial charge in [0.1, 0.15) is 4.91 Å². The van der Waals surface area contributed by atoms with Crippen LogP contribution in [0.3, 0.4) is 0 Å². The number of fused-ring (bicyclic) bond motifs is 1. The third-order valence-corrected chi connectivity index (χ3v) is 3.37. The Morgan fingerprint density at radius 1 is 1.29 bits per heavy atom. The Bertz CT molecular complexity index is 657. The van der Waals surface area contributed by atoms with Gasteiger partial charge in [-0.15, -0.1) is 0 Å². The highest BCUT2D eigenvalue weighted by molar-refractivity contribution is 7.95. The molecule has 0 aliphatic heterocycles. The van der Waals surface area contributed by atoms with Crippen LogP contribution in [-0.2, 0) is 10.1 Å². The summed E-state index contributed by atoms with van der Waals surface area (Å²) in [4.78, 5) is 2.41. The molecule has 7 heteroatoms.